The van der Waals surface area contributed by atoms with Crippen molar-refractivity contribution in [1.29, 1.82) is 0 Å². The Morgan fingerprint density at radius 2 is 1.85 bits per heavy atom. The summed E-state index contributed by atoms with van der Waals surface area (Å²) in [5, 5.41) is 0. The van der Waals surface area contributed by atoms with Crippen LogP contribution < -0.4 is 4.72 Å². The molecule has 9 heteroatoms. The Balaban J connectivity index is 2.29. The van der Waals surface area contributed by atoms with E-state index in [-0.39, 0.29) is 21.7 Å². The lowest BCUT2D eigenvalue weighted by atomic mass is 10.2. The Labute approximate surface area is 149 Å². The zero-order chi connectivity index (χ0) is 19.3. The van der Waals surface area contributed by atoms with E-state index in [4.69, 9.17) is 4.74 Å². The van der Waals surface area contributed by atoms with E-state index in [1.165, 1.54) is 31.2 Å². The Morgan fingerprint density at radius 3 is 2.50 bits per heavy atom. The monoisotopic (exact) mass is 381 g/mol. The van der Waals surface area contributed by atoms with Gasteiger partial charge in [0.25, 0.3) is 10.0 Å². The minimum atomic E-state index is -4.07. The number of aryl methyl sites for hydroxylation is 1. The normalized spacial score (nSPS) is 10.9. The minimum Gasteiger partial charge on any atom is -0.466 e. The number of para-hydroxylation sites is 1. The van der Waals surface area contributed by atoms with Crippen molar-refractivity contribution in [3.8, 4) is 0 Å². The van der Waals surface area contributed by atoms with E-state index in [1.807, 2.05) is 0 Å². The molecule has 0 heterocycles. The van der Waals surface area contributed by atoms with Crippen molar-refractivity contribution in [2.45, 2.75) is 11.8 Å². The van der Waals surface area contributed by atoms with Gasteiger partial charge in [-0.15, -0.1) is 0 Å². The molecule has 2 aromatic carbocycles. The fourth-order valence-electron chi connectivity index (χ4n) is 2.13. The number of benzene rings is 2. The number of methoxy groups -OCH3 is 1. The van der Waals surface area contributed by atoms with Crippen LogP contribution in [0.2, 0.25) is 0 Å². The number of rotatable bonds is 6. The maximum absolute atomic E-state index is 13.2. The average molecular weight is 381 g/mol. The summed E-state index contributed by atoms with van der Waals surface area (Å²) in [5.41, 5.74) is 0.0917. The third-order valence-corrected chi connectivity index (χ3v) is 4.89. The standard InChI is InChI=1S/C17H16FNO6S/c1-11-9-12(18)7-8-15(11)26(22,23)19-14-6-4-3-5-13(14)17(21)25-10-16(20)24-2/h3-9,19H,10H2,1-2H3. The summed E-state index contributed by atoms with van der Waals surface area (Å²) in [5.74, 6) is -2.21. The second-order valence-corrected chi connectivity index (χ2v) is 6.86. The quantitative estimate of drug-likeness (QED) is 0.771. The predicted molar refractivity (Wildman–Crippen MR) is 90.7 cm³/mol. The van der Waals surface area contributed by atoms with Crippen LogP contribution in [-0.2, 0) is 24.3 Å². The van der Waals surface area contributed by atoms with Crippen LogP contribution in [0.5, 0.6) is 0 Å². The molecular formula is C17H16FNO6S. The van der Waals surface area contributed by atoms with Crippen molar-refractivity contribution in [1.82, 2.24) is 0 Å². The molecule has 0 bridgehead atoms. The molecule has 0 spiro atoms. The molecule has 0 unspecified atom stereocenters. The van der Waals surface area contributed by atoms with Gasteiger partial charge in [0.15, 0.2) is 6.61 Å². The zero-order valence-corrected chi connectivity index (χ0v) is 14.8. The number of sulfonamides is 1. The highest BCUT2D eigenvalue weighted by atomic mass is 32.2. The van der Waals surface area contributed by atoms with Crippen LogP contribution >= 0.6 is 0 Å². The average Bonchev–Trinajstić information content (AvgIpc) is 2.59. The van der Waals surface area contributed by atoms with E-state index >= 15 is 0 Å². The van der Waals surface area contributed by atoms with Crippen molar-refractivity contribution in [2.75, 3.05) is 18.4 Å². The molecule has 26 heavy (non-hydrogen) atoms. The van der Waals surface area contributed by atoms with Crippen LogP contribution in [0.1, 0.15) is 15.9 Å². The van der Waals surface area contributed by atoms with Gasteiger partial charge in [-0.2, -0.15) is 0 Å². The summed E-state index contributed by atoms with van der Waals surface area (Å²) in [6.07, 6.45) is 0. The third-order valence-electron chi connectivity index (χ3n) is 3.37. The lowest BCUT2D eigenvalue weighted by Gasteiger charge is -2.13. The van der Waals surface area contributed by atoms with Gasteiger partial charge in [0.1, 0.15) is 5.82 Å². The summed E-state index contributed by atoms with van der Waals surface area (Å²) < 4.78 is 49.8. The number of esters is 2. The van der Waals surface area contributed by atoms with Crippen LogP contribution in [0.3, 0.4) is 0 Å². The van der Waals surface area contributed by atoms with E-state index in [1.54, 1.807) is 0 Å². The molecular weight excluding hydrogens is 365 g/mol. The van der Waals surface area contributed by atoms with Crippen molar-refractivity contribution < 1.29 is 31.9 Å². The van der Waals surface area contributed by atoms with Crippen LogP contribution in [-0.4, -0.2) is 34.1 Å². The highest BCUT2D eigenvalue weighted by molar-refractivity contribution is 7.92. The fraction of sp³-hybridized carbons (Fsp3) is 0.176. The molecule has 1 N–H and O–H groups in total. The molecule has 0 radical (unpaired) electrons. The summed E-state index contributed by atoms with van der Waals surface area (Å²) in [6.45, 7) is 0.849. The van der Waals surface area contributed by atoms with Crippen LogP contribution in [0.25, 0.3) is 0 Å². The van der Waals surface area contributed by atoms with E-state index in [2.05, 4.69) is 9.46 Å². The largest absolute Gasteiger partial charge is 0.466 e. The van der Waals surface area contributed by atoms with E-state index in [0.29, 0.717) is 0 Å². The van der Waals surface area contributed by atoms with E-state index in [9.17, 15) is 22.4 Å². The van der Waals surface area contributed by atoms with Crippen molar-refractivity contribution in [2.24, 2.45) is 0 Å². The predicted octanol–water partition coefficient (Wildman–Crippen LogP) is 2.26. The first-order chi connectivity index (χ1) is 12.2. The molecule has 0 aliphatic rings. The molecule has 0 aromatic heterocycles. The molecule has 2 aromatic rings. The highest BCUT2D eigenvalue weighted by Gasteiger charge is 2.21. The van der Waals surface area contributed by atoms with Gasteiger partial charge >= 0.3 is 11.9 Å². The lowest BCUT2D eigenvalue weighted by molar-refractivity contribution is -0.144. The van der Waals surface area contributed by atoms with Crippen molar-refractivity contribution >= 4 is 27.6 Å². The first kappa shape index (κ1) is 19.4. The summed E-state index contributed by atoms with van der Waals surface area (Å²) in [7, 11) is -2.93. The molecule has 7 nitrogen and oxygen atoms in total. The molecule has 2 rings (SSSR count). The van der Waals surface area contributed by atoms with Gasteiger partial charge < -0.3 is 9.47 Å². The number of carbonyl (C=O) groups excluding carboxylic acids is 2. The highest BCUT2D eigenvalue weighted by Crippen LogP contribution is 2.23. The molecule has 138 valence electrons. The van der Waals surface area contributed by atoms with E-state index in [0.717, 1.165) is 25.3 Å². The number of hydrogen-bond acceptors (Lipinski definition) is 6. The first-order valence-electron chi connectivity index (χ1n) is 7.36. The van der Waals surface area contributed by atoms with Gasteiger partial charge in [-0.1, -0.05) is 12.1 Å². The summed E-state index contributed by atoms with van der Waals surface area (Å²) in [4.78, 5) is 23.0. The number of halogens is 1. The van der Waals surface area contributed by atoms with Crippen LogP contribution in [0.4, 0.5) is 10.1 Å². The molecule has 0 aliphatic carbocycles. The summed E-state index contributed by atoms with van der Waals surface area (Å²) >= 11 is 0. The van der Waals surface area contributed by atoms with Crippen molar-refractivity contribution in [3.63, 3.8) is 0 Å². The molecule has 0 fully saturated rings. The Kier molecular flexibility index (Phi) is 5.93. The topological polar surface area (TPSA) is 98.8 Å². The van der Waals surface area contributed by atoms with Gasteiger partial charge in [-0.3, -0.25) is 4.72 Å². The number of ether oxygens (including phenoxy) is 2. The number of hydrogen-bond donors (Lipinski definition) is 1. The smallest absolute Gasteiger partial charge is 0.344 e. The Morgan fingerprint density at radius 1 is 1.15 bits per heavy atom. The van der Waals surface area contributed by atoms with Crippen LogP contribution in [0, 0.1) is 12.7 Å². The Bertz CT molecular complexity index is 942. The molecule has 0 amide bonds. The second-order valence-electron chi connectivity index (χ2n) is 5.21. The van der Waals surface area contributed by atoms with E-state index < -0.39 is 34.4 Å². The molecule has 0 saturated heterocycles. The summed E-state index contributed by atoms with van der Waals surface area (Å²) in [6, 6.07) is 8.98. The van der Waals surface area contributed by atoms with Crippen LogP contribution in [0.15, 0.2) is 47.4 Å². The first-order valence-corrected chi connectivity index (χ1v) is 8.85. The van der Waals surface area contributed by atoms with Gasteiger partial charge in [0, 0.05) is 0 Å². The number of carbonyl (C=O) groups is 2. The minimum absolute atomic E-state index is 0.0360. The second kappa shape index (κ2) is 7.96. The molecule has 0 atom stereocenters. The van der Waals surface area contributed by atoms with Crippen molar-refractivity contribution in [3.05, 3.63) is 59.4 Å². The van der Waals surface area contributed by atoms with Gasteiger partial charge in [0.05, 0.1) is 23.3 Å². The maximum atomic E-state index is 13.2. The Hall–Kier alpha value is -2.94. The molecule has 0 aliphatic heterocycles. The number of anilines is 1. The maximum Gasteiger partial charge on any atom is 0.344 e. The zero-order valence-electron chi connectivity index (χ0n) is 14.0. The SMILES string of the molecule is COC(=O)COC(=O)c1ccccc1NS(=O)(=O)c1ccc(F)cc1C. The third kappa shape index (κ3) is 4.57. The lowest BCUT2D eigenvalue weighted by Crippen LogP contribution is -2.19. The van der Waals surface area contributed by atoms with Gasteiger partial charge in [-0.05, 0) is 42.8 Å². The molecule has 0 saturated carbocycles. The number of nitrogens with one attached hydrogen (secondary N) is 1. The van der Waals surface area contributed by atoms with Gasteiger partial charge in [-0.25, -0.2) is 22.4 Å². The van der Waals surface area contributed by atoms with Gasteiger partial charge in [0.2, 0.25) is 0 Å². The fourth-order valence-corrected chi connectivity index (χ4v) is 3.43.